The number of anilines is 1. The zero-order valence-corrected chi connectivity index (χ0v) is 10.9. The van der Waals surface area contributed by atoms with Crippen LogP contribution < -0.4 is 11.1 Å². The first-order valence-corrected chi connectivity index (χ1v) is 6.66. The van der Waals surface area contributed by atoms with E-state index in [1.165, 1.54) is 31.9 Å². The van der Waals surface area contributed by atoms with Gasteiger partial charge in [0, 0.05) is 18.9 Å². The maximum atomic E-state index is 11.3. The average molecular weight is 247 g/mol. The van der Waals surface area contributed by atoms with Crippen molar-refractivity contribution in [2.45, 2.75) is 32.6 Å². The Hall–Kier alpha value is -1.58. The molecule has 2 unspecified atom stereocenters. The molecule has 1 aromatic rings. The molecular formula is C14H21N3O. The number of pyridine rings is 1. The Morgan fingerprint density at radius 2 is 2.28 bits per heavy atom. The minimum absolute atomic E-state index is 0.428. The Kier molecular flexibility index (Phi) is 4.18. The highest BCUT2D eigenvalue weighted by atomic mass is 16.1. The van der Waals surface area contributed by atoms with Crippen molar-refractivity contribution in [1.82, 2.24) is 4.98 Å². The van der Waals surface area contributed by atoms with Gasteiger partial charge in [0.1, 0.15) is 0 Å². The highest BCUT2D eigenvalue weighted by Gasteiger charge is 2.21. The van der Waals surface area contributed by atoms with Crippen LogP contribution in [0.2, 0.25) is 0 Å². The number of hydrogen-bond acceptors (Lipinski definition) is 3. The molecule has 0 bridgehead atoms. The number of hydrogen-bond donors (Lipinski definition) is 2. The summed E-state index contributed by atoms with van der Waals surface area (Å²) in [6.07, 6.45) is 8.44. The summed E-state index contributed by atoms with van der Waals surface area (Å²) in [6.45, 7) is 3.22. The monoisotopic (exact) mass is 247 g/mol. The Morgan fingerprint density at radius 1 is 1.50 bits per heavy atom. The quantitative estimate of drug-likeness (QED) is 0.858. The van der Waals surface area contributed by atoms with Crippen molar-refractivity contribution >= 4 is 11.6 Å². The second kappa shape index (κ2) is 5.85. The van der Waals surface area contributed by atoms with Gasteiger partial charge in [0.25, 0.3) is 5.91 Å². The lowest BCUT2D eigenvalue weighted by atomic mass is 9.80. The minimum Gasteiger partial charge on any atom is -0.384 e. The lowest BCUT2D eigenvalue weighted by Crippen LogP contribution is -2.25. The summed E-state index contributed by atoms with van der Waals surface area (Å²) in [4.78, 5) is 15.2. The first kappa shape index (κ1) is 12.9. The Bertz CT molecular complexity index is 419. The van der Waals surface area contributed by atoms with Crippen molar-refractivity contribution in [1.29, 1.82) is 0 Å². The van der Waals surface area contributed by atoms with Crippen molar-refractivity contribution in [2.75, 3.05) is 11.9 Å². The fourth-order valence-corrected chi connectivity index (χ4v) is 2.68. The summed E-state index contributed by atoms with van der Waals surface area (Å²) in [6, 6.07) is 1.81. The van der Waals surface area contributed by atoms with E-state index < -0.39 is 5.91 Å². The van der Waals surface area contributed by atoms with Crippen LogP contribution in [0.5, 0.6) is 0 Å². The van der Waals surface area contributed by atoms with E-state index in [-0.39, 0.29) is 0 Å². The maximum Gasteiger partial charge on any atom is 0.252 e. The molecule has 1 amide bonds. The molecule has 2 rings (SSSR count). The summed E-state index contributed by atoms with van der Waals surface area (Å²) >= 11 is 0. The molecule has 1 saturated carbocycles. The van der Waals surface area contributed by atoms with Gasteiger partial charge in [-0.3, -0.25) is 9.78 Å². The van der Waals surface area contributed by atoms with Crippen LogP contribution in [0.25, 0.3) is 0 Å². The molecular weight excluding hydrogens is 226 g/mol. The van der Waals surface area contributed by atoms with Crippen LogP contribution in [-0.4, -0.2) is 17.4 Å². The van der Waals surface area contributed by atoms with Gasteiger partial charge in [0.15, 0.2) is 0 Å². The summed E-state index contributed by atoms with van der Waals surface area (Å²) in [5.74, 6) is 1.01. The van der Waals surface area contributed by atoms with Crippen LogP contribution in [0.15, 0.2) is 18.5 Å². The van der Waals surface area contributed by atoms with E-state index in [0.29, 0.717) is 11.5 Å². The number of amides is 1. The van der Waals surface area contributed by atoms with Gasteiger partial charge in [-0.1, -0.05) is 26.2 Å². The highest BCUT2D eigenvalue weighted by Crippen LogP contribution is 2.29. The van der Waals surface area contributed by atoms with Crippen LogP contribution >= 0.6 is 0 Å². The van der Waals surface area contributed by atoms with Gasteiger partial charge in [0.05, 0.1) is 11.3 Å². The molecule has 1 fully saturated rings. The lowest BCUT2D eigenvalue weighted by Gasteiger charge is -2.29. The van der Waals surface area contributed by atoms with Crippen LogP contribution in [0.3, 0.4) is 0 Å². The summed E-state index contributed by atoms with van der Waals surface area (Å²) in [5, 5.41) is 3.35. The molecule has 4 heteroatoms. The molecule has 18 heavy (non-hydrogen) atoms. The van der Waals surface area contributed by atoms with Gasteiger partial charge in [0.2, 0.25) is 0 Å². The van der Waals surface area contributed by atoms with Gasteiger partial charge < -0.3 is 11.1 Å². The van der Waals surface area contributed by atoms with E-state index >= 15 is 0 Å². The molecule has 0 spiro atoms. The van der Waals surface area contributed by atoms with Crippen molar-refractivity contribution < 1.29 is 4.79 Å². The third kappa shape index (κ3) is 3.00. The summed E-state index contributed by atoms with van der Waals surface area (Å²) < 4.78 is 0. The molecule has 0 radical (unpaired) electrons. The van der Waals surface area contributed by atoms with E-state index in [1.807, 2.05) is 6.07 Å². The molecule has 1 aliphatic rings. The smallest absolute Gasteiger partial charge is 0.252 e. The summed E-state index contributed by atoms with van der Waals surface area (Å²) in [5.41, 5.74) is 6.61. The van der Waals surface area contributed by atoms with Gasteiger partial charge in [-0.05, 0) is 24.3 Å². The number of nitrogens with two attached hydrogens (primary N) is 1. The van der Waals surface area contributed by atoms with Gasteiger partial charge in [-0.15, -0.1) is 0 Å². The lowest BCUT2D eigenvalue weighted by molar-refractivity contribution is 0.100. The Morgan fingerprint density at radius 3 is 3.00 bits per heavy atom. The van der Waals surface area contributed by atoms with Crippen molar-refractivity contribution in [3.63, 3.8) is 0 Å². The molecule has 0 aliphatic heterocycles. The number of primary amides is 1. The molecule has 1 heterocycles. The number of nitrogens with zero attached hydrogens (tertiary/aromatic N) is 1. The van der Waals surface area contributed by atoms with Gasteiger partial charge in [-0.25, -0.2) is 0 Å². The molecule has 1 aliphatic carbocycles. The fourth-order valence-electron chi connectivity index (χ4n) is 2.68. The number of carbonyl (C=O) groups excluding carboxylic acids is 1. The number of nitrogens with one attached hydrogen (secondary N) is 1. The van der Waals surface area contributed by atoms with E-state index in [0.717, 1.165) is 18.2 Å². The SMILES string of the molecule is CC1CCCCC1CNc1ccncc1C(N)=O. The molecule has 98 valence electrons. The van der Waals surface area contributed by atoms with Gasteiger partial charge >= 0.3 is 0 Å². The molecule has 3 N–H and O–H groups in total. The zero-order valence-electron chi connectivity index (χ0n) is 10.9. The largest absolute Gasteiger partial charge is 0.384 e. The second-order valence-corrected chi connectivity index (χ2v) is 5.19. The van der Waals surface area contributed by atoms with E-state index in [9.17, 15) is 4.79 Å². The minimum atomic E-state index is -0.428. The predicted molar refractivity (Wildman–Crippen MR) is 72.4 cm³/mol. The third-order valence-corrected chi connectivity index (χ3v) is 3.93. The zero-order chi connectivity index (χ0) is 13.0. The first-order chi connectivity index (χ1) is 8.68. The maximum absolute atomic E-state index is 11.3. The topological polar surface area (TPSA) is 68.0 Å². The Balaban J connectivity index is 1.99. The van der Waals surface area contributed by atoms with E-state index in [2.05, 4.69) is 17.2 Å². The fraction of sp³-hybridized carbons (Fsp3) is 0.571. The second-order valence-electron chi connectivity index (χ2n) is 5.19. The van der Waals surface area contributed by atoms with E-state index in [4.69, 9.17) is 5.73 Å². The number of aromatic nitrogens is 1. The highest BCUT2D eigenvalue weighted by molar-refractivity contribution is 5.98. The van der Waals surface area contributed by atoms with Gasteiger partial charge in [-0.2, -0.15) is 0 Å². The standard InChI is InChI=1S/C14H21N3O/c1-10-4-2-3-5-11(10)8-17-13-6-7-16-9-12(13)14(15)18/h6-7,9-11H,2-5,8H2,1H3,(H2,15,18)(H,16,17). The first-order valence-electron chi connectivity index (χ1n) is 6.66. The predicted octanol–water partition coefficient (Wildman–Crippen LogP) is 2.42. The van der Waals surface area contributed by atoms with Crippen molar-refractivity contribution in [3.05, 3.63) is 24.0 Å². The number of rotatable bonds is 4. The molecule has 0 saturated heterocycles. The van der Waals surface area contributed by atoms with Crippen molar-refractivity contribution in [3.8, 4) is 0 Å². The van der Waals surface area contributed by atoms with Crippen LogP contribution in [0.1, 0.15) is 43.0 Å². The molecule has 0 aromatic carbocycles. The summed E-state index contributed by atoms with van der Waals surface area (Å²) in [7, 11) is 0. The molecule has 2 atom stereocenters. The average Bonchev–Trinajstić information content (AvgIpc) is 2.38. The molecule has 1 aromatic heterocycles. The molecule has 4 nitrogen and oxygen atoms in total. The van der Waals surface area contributed by atoms with Crippen molar-refractivity contribution in [2.24, 2.45) is 17.6 Å². The van der Waals surface area contributed by atoms with E-state index in [1.54, 1.807) is 6.20 Å². The third-order valence-electron chi connectivity index (χ3n) is 3.93. The number of carbonyl (C=O) groups is 1. The Labute approximate surface area is 108 Å². The van der Waals surface area contributed by atoms with Crippen LogP contribution in [0, 0.1) is 11.8 Å². The normalized spacial score (nSPS) is 23.6. The van der Waals surface area contributed by atoms with Crippen LogP contribution in [0.4, 0.5) is 5.69 Å². The van der Waals surface area contributed by atoms with Crippen LogP contribution in [-0.2, 0) is 0 Å².